The fraction of sp³-hybridized carbons (Fsp3) is 0.667. The Morgan fingerprint density at radius 2 is 1.88 bits per heavy atom. The standard InChI is InChI=1S/C12H17ClN2O/c1-8-3-9(2)5-10(4-8)16-12-7-14-6-11(13)15-12/h6-10H,3-5H2,1-2H3. The molecule has 1 aromatic rings. The van der Waals surface area contributed by atoms with Gasteiger partial charge < -0.3 is 4.74 Å². The largest absolute Gasteiger partial charge is 0.473 e. The Morgan fingerprint density at radius 3 is 2.50 bits per heavy atom. The predicted octanol–water partition coefficient (Wildman–Crippen LogP) is 3.33. The van der Waals surface area contributed by atoms with Crippen LogP contribution in [0.2, 0.25) is 5.15 Å². The summed E-state index contributed by atoms with van der Waals surface area (Å²) in [5, 5.41) is 0.384. The fourth-order valence-electron chi connectivity index (χ4n) is 2.52. The number of ether oxygens (including phenoxy) is 1. The number of rotatable bonds is 2. The number of hydrogen-bond donors (Lipinski definition) is 0. The van der Waals surface area contributed by atoms with Gasteiger partial charge >= 0.3 is 0 Å². The summed E-state index contributed by atoms with van der Waals surface area (Å²) >= 11 is 5.77. The molecule has 0 N–H and O–H groups in total. The SMILES string of the molecule is CC1CC(C)CC(Oc2cncc(Cl)n2)C1. The molecule has 0 spiro atoms. The smallest absolute Gasteiger partial charge is 0.234 e. The van der Waals surface area contributed by atoms with Gasteiger partial charge in [-0.3, -0.25) is 4.98 Å². The Labute approximate surface area is 101 Å². The van der Waals surface area contributed by atoms with E-state index < -0.39 is 0 Å². The maximum Gasteiger partial charge on any atom is 0.234 e. The summed E-state index contributed by atoms with van der Waals surface area (Å²) < 4.78 is 5.82. The molecule has 0 radical (unpaired) electrons. The van der Waals surface area contributed by atoms with Crippen molar-refractivity contribution in [2.24, 2.45) is 11.8 Å². The van der Waals surface area contributed by atoms with Crippen molar-refractivity contribution in [3.8, 4) is 5.88 Å². The summed E-state index contributed by atoms with van der Waals surface area (Å²) in [5.74, 6) is 1.99. The first-order valence-electron chi connectivity index (χ1n) is 5.77. The van der Waals surface area contributed by atoms with E-state index in [4.69, 9.17) is 16.3 Å². The van der Waals surface area contributed by atoms with Crippen LogP contribution in [0.4, 0.5) is 0 Å². The van der Waals surface area contributed by atoms with Crippen molar-refractivity contribution in [3.05, 3.63) is 17.5 Å². The Bertz CT molecular complexity index is 349. The van der Waals surface area contributed by atoms with Crippen LogP contribution >= 0.6 is 11.6 Å². The second-order valence-electron chi connectivity index (χ2n) is 4.84. The van der Waals surface area contributed by atoms with Crippen LogP contribution in [0.1, 0.15) is 33.1 Å². The van der Waals surface area contributed by atoms with E-state index in [-0.39, 0.29) is 6.10 Å². The molecule has 0 saturated heterocycles. The third kappa shape index (κ3) is 3.08. The van der Waals surface area contributed by atoms with Crippen molar-refractivity contribution < 1.29 is 4.74 Å². The first-order chi connectivity index (χ1) is 7.63. The Morgan fingerprint density at radius 1 is 1.19 bits per heavy atom. The zero-order chi connectivity index (χ0) is 11.5. The lowest BCUT2D eigenvalue weighted by Crippen LogP contribution is -2.28. The molecule has 1 aliphatic rings. The highest BCUT2D eigenvalue weighted by atomic mass is 35.5. The summed E-state index contributed by atoms with van der Waals surface area (Å²) in [5.41, 5.74) is 0. The van der Waals surface area contributed by atoms with Gasteiger partial charge in [-0.05, 0) is 31.1 Å². The minimum Gasteiger partial charge on any atom is -0.473 e. The molecule has 2 unspecified atom stereocenters. The maximum atomic E-state index is 5.82. The predicted molar refractivity (Wildman–Crippen MR) is 63.6 cm³/mol. The molecule has 0 aromatic carbocycles. The van der Waals surface area contributed by atoms with Gasteiger partial charge in [0, 0.05) is 0 Å². The van der Waals surface area contributed by atoms with Crippen LogP contribution in [0.5, 0.6) is 5.88 Å². The summed E-state index contributed by atoms with van der Waals surface area (Å²) in [6.45, 7) is 4.55. The molecule has 1 fully saturated rings. The van der Waals surface area contributed by atoms with Gasteiger partial charge in [0.1, 0.15) is 6.10 Å². The highest BCUT2D eigenvalue weighted by molar-refractivity contribution is 6.29. The van der Waals surface area contributed by atoms with Crippen molar-refractivity contribution in [2.45, 2.75) is 39.2 Å². The van der Waals surface area contributed by atoms with E-state index in [2.05, 4.69) is 23.8 Å². The van der Waals surface area contributed by atoms with Gasteiger partial charge in [0.05, 0.1) is 12.4 Å². The van der Waals surface area contributed by atoms with E-state index in [1.165, 1.54) is 12.6 Å². The molecule has 2 atom stereocenters. The second-order valence-corrected chi connectivity index (χ2v) is 5.22. The minimum absolute atomic E-state index is 0.256. The van der Waals surface area contributed by atoms with Gasteiger partial charge in [-0.25, -0.2) is 0 Å². The summed E-state index contributed by atoms with van der Waals surface area (Å²) in [6.07, 6.45) is 6.88. The van der Waals surface area contributed by atoms with E-state index >= 15 is 0 Å². The third-order valence-corrected chi connectivity index (χ3v) is 3.19. The van der Waals surface area contributed by atoms with Crippen LogP contribution in [0.3, 0.4) is 0 Å². The molecular formula is C12H17ClN2O. The fourth-order valence-corrected chi connectivity index (χ4v) is 2.66. The van der Waals surface area contributed by atoms with Crippen LogP contribution in [0.25, 0.3) is 0 Å². The van der Waals surface area contributed by atoms with Crippen molar-refractivity contribution in [1.29, 1.82) is 0 Å². The Balaban J connectivity index is 1.98. The van der Waals surface area contributed by atoms with E-state index in [0.29, 0.717) is 11.0 Å². The maximum absolute atomic E-state index is 5.82. The van der Waals surface area contributed by atoms with Crippen molar-refractivity contribution in [2.75, 3.05) is 0 Å². The molecule has 16 heavy (non-hydrogen) atoms. The topological polar surface area (TPSA) is 35.0 Å². The molecular weight excluding hydrogens is 224 g/mol. The molecule has 88 valence electrons. The van der Waals surface area contributed by atoms with Crippen LogP contribution < -0.4 is 4.74 Å². The first kappa shape index (κ1) is 11.6. The van der Waals surface area contributed by atoms with E-state index in [1.807, 2.05) is 0 Å². The summed E-state index contributed by atoms with van der Waals surface area (Å²) in [7, 11) is 0. The van der Waals surface area contributed by atoms with Crippen LogP contribution in [-0.2, 0) is 0 Å². The molecule has 1 aromatic heterocycles. The third-order valence-electron chi connectivity index (χ3n) is 3.01. The van der Waals surface area contributed by atoms with Gasteiger partial charge in [-0.1, -0.05) is 25.4 Å². The van der Waals surface area contributed by atoms with E-state index in [1.54, 1.807) is 6.20 Å². The van der Waals surface area contributed by atoms with Crippen LogP contribution in [0, 0.1) is 11.8 Å². The Hall–Kier alpha value is -0.830. The second kappa shape index (κ2) is 5.00. The number of halogens is 1. The molecule has 3 nitrogen and oxygen atoms in total. The van der Waals surface area contributed by atoms with Gasteiger partial charge in [-0.2, -0.15) is 4.98 Å². The lowest BCUT2D eigenvalue weighted by Gasteiger charge is -2.31. The molecule has 0 bridgehead atoms. The van der Waals surface area contributed by atoms with Crippen LogP contribution in [0.15, 0.2) is 12.4 Å². The minimum atomic E-state index is 0.256. The van der Waals surface area contributed by atoms with Crippen molar-refractivity contribution in [3.63, 3.8) is 0 Å². The molecule has 0 aliphatic heterocycles. The zero-order valence-electron chi connectivity index (χ0n) is 9.69. The number of hydrogen-bond acceptors (Lipinski definition) is 3. The van der Waals surface area contributed by atoms with E-state index in [0.717, 1.165) is 24.7 Å². The van der Waals surface area contributed by atoms with Gasteiger partial charge in [-0.15, -0.1) is 0 Å². The summed E-state index contributed by atoms with van der Waals surface area (Å²) in [4.78, 5) is 8.07. The lowest BCUT2D eigenvalue weighted by molar-refractivity contribution is 0.0963. The van der Waals surface area contributed by atoms with Crippen molar-refractivity contribution >= 4 is 11.6 Å². The number of aromatic nitrogens is 2. The normalized spacial score (nSPS) is 30.1. The molecule has 2 rings (SSSR count). The van der Waals surface area contributed by atoms with Gasteiger partial charge in [0.25, 0.3) is 0 Å². The first-order valence-corrected chi connectivity index (χ1v) is 6.15. The highest BCUT2D eigenvalue weighted by Gasteiger charge is 2.25. The monoisotopic (exact) mass is 240 g/mol. The molecule has 4 heteroatoms. The Kier molecular flexibility index (Phi) is 3.64. The molecule has 1 heterocycles. The highest BCUT2D eigenvalue weighted by Crippen LogP contribution is 2.30. The van der Waals surface area contributed by atoms with Crippen molar-refractivity contribution in [1.82, 2.24) is 9.97 Å². The zero-order valence-corrected chi connectivity index (χ0v) is 10.4. The number of nitrogens with zero attached hydrogens (tertiary/aromatic N) is 2. The molecule has 1 aliphatic carbocycles. The average Bonchev–Trinajstić information content (AvgIpc) is 2.15. The molecule has 0 amide bonds. The van der Waals surface area contributed by atoms with E-state index in [9.17, 15) is 0 Å². The summed E-state index contributed by atoms with van der Waals surface area (Å²) in [6, 6.07) is 0. The lowest BCUT2D eigenvalue weighted by atomic mass is 9.82. The van der Waals surface area contributed by atoms with Gasteiger partial charge in [0.15, 0.2) is 5.15 Å². The quantitative estimate of drug-likeness (QED) is 0.795. The van der Waals surface area contributed by atoms with Gasteiger partial charge in [0.2, 0.25) is 5.88 Å². The molecule has 1 saturated carbocycles. The average molecular weight is 241 g/mol. The van der Waals surface area contributed by atoms with Crippen LogP contribution in [-0.4, -0.2) is 16.1 Å².